The summed E-state index contributed by atoms with van der Waals surface area (Å²) >= 11 is 1.69. The minimum absolute atomic E-state index is 0.163. The summed E-state index contributed by atoms with van der Waals surface area (Å²) in [7, 11) is 1.41. The van der Waals surface area contributed by atoms with E-state index in [-0.39, 0.29) is 5.97 Å². The van der Waals surface area contributed by atoms with Crippen molar-refractivity contribution in [2.45, 2.75) is 19.4 Å². The molecule has 2 aromatic heterocycles. The molecule has 0 saturated heterocycles. The molecule has 6 heteroatoms. The first-order valence-corrected chi connectivity index (χ1v) is 7.03. The van der Waals surface area contributed by atoms with Crippen molar-refractivity contribution in [3.63, 3.8) is 0 Å². The number of carbonyl (C=O) groups is 1. The Bertz CT molecular complexity index is 508. The number of aromatic amines is 1. The van der Waals surface area contributed by atoms with Gasteiger partial charge in [0.1, 0.15) is 0 Å². The van der Waals surface area contributed by atoms with Gasteiger partial charge in [-0.3, -0.25) is 9.89 Å². The number of methoxy groups -OCH3 is 1. The molecule has 0 aliphatic rings. The van der Waals surface area contributed by atoms with Gasteiger partial charge in [0.25, 0.3) is 0 Å². The summed E-state index contributed by atoms with van der Waals surface area (Å²) in [5, 5.41) is 12.5. The van der Waals surface area contributed by atoms with Crippen molar-refractivity contribution in [1.29, 1.82) is 0 Å². The zero-order chi connectivity index (χ0) is 13.5. The predicted octanol–water partition coefficient (Wildman–Crippen LogP) is 2.18. The average Bonchev–Trinajstić information content (AvgIpc) is 3.08. The highest BCUT2D eigenvalue weighted by molar-refractivity contribution is 7.13. The Labute approximate surface area is 116 Å². The second-order valence-corrected chi connectivity index (χ2v) is 5.05. The SMILES string of the molecule is COC(=O)CCCNCc1cn[nH]c1-c1cccs1. The molecule has 19 heavy (non-hydrogen) atoms. The number of nitrogens with zero attached hydrogens (tertiary/aromatic N) is 1. The molecule has 0 bridgehead atoms. The van der Waals surface area contributed by atoms with Gasteiger partial charge < -0.3 is 10.1 Å². The molecule has 0 aliphatic carbocycles. The van der Waals surface area contributed by atoms with Crippen molar-refractivity contribution in [2.24, 2.45) is 0 Å². The topological polar surface area (TPSA) is 67.0 Å². The summed E-state index contributed by atoms with van der Waals surface area (Å²) in [6.07, 6.45) is 3.06. The number of thiophene rings is 1. The lowest BCUT2D eigenvalue weighted by Gasteiger charge is -2.04. The van der Waals surface area contributed by atoms with E-state index in [1.807, 2.05) is 17.6 Å². The number of rotatable bonds is 7. The Morgan fingerprint density at radius 2 is 2.47 bits per heavy atom. The lowest BCUT2D eigenvalue weighted by atomic mass is 10.2. The molecule has 2 aromatic rings. The molecule has 102 valence electrons. The number of esters is 1. The molecular formula is C13H17N3O2S. The van der Waals surface area contributed by atoms with Crippen LogP contribution < -0.4 is 5.32 Å². The first kappa shape index (κ1) is 13.8. The molecule has 5 nitrogen and oxygen atoms in total. The molecule has 0 aromatic carbocycles. The number of carbonyl (C=O) groups excluding carboxylic acids is 1. The van der Waals surface area contributed by atoms with Crippen molar-refractivity contribution in [2.75, 3.05) is 13.7 Å². The average molecular weight is 279 g/mol. The normalized spacial score (nSPS) is 10.6. The summed E-state index contributed by atoms with van der Waals surface area (Å²) in [5.74, 6) is -0.163. The molecule has 0 amide bonds. The molecular weight excluding hydrogens is 262 g/mol. The van der Waals surface area contributed by atoms with Crippen molar-refractivity contribution in [3.8, 4) is 10.6 Å². The minimum atomic E-state index is -0.163. The third-order valence-electron chi connectivity index (χ3n) is 2.76. The summed E-state index contributed by atoms with van der Waals surface area (Å²) in [6.45, 7) is 1.52. The van der Waals surface area contributed by atoms with E-state index in [1.165, 1.54) is 12.0 Å². The standard InChI is InChI=1S/C13H17N3O2S/c1-18-12(17)5-2-6-14-8-10-9-15-16-13(10)11-4-3-7-19-11/h3-4,7,9,14H,2,5-6,8H2,1H3,(H,15,16). The monoisotopic (exact) mass is 279 g/mol. The number of aromatic nitrogens is 2. The molecule has 2 rings (SSSR count). The Balaban J connectivity index is 1.78. The van der Waals surface area contributed by atoms with Crippen LogP contribution in [0, 0.1) is 0 Å². The highest BCUT2D eigenvalue weighted by atomic mass is 32.1. The van der Waals surface area contributed by atoms with Crippen LogP contribution in [0.3, 0.4) is 0 Å². The highest BCUT2D eigenvalue weighted by Crippen LogP contribution is 2.25. The van der Waals surface area contributed by atoms with Crippen LogP contribution in [0.5, 0.6) is 0 Å². The molecule has 2 N–H and O–H groups in total. The van der Waals surface area contributed by atoms with Gasteiger partial charge in [0.05, 0.1) is 23.9 Å². The molecule has 2 heterocycles. The van der Waals surface area contributed by atoms with E-state index in [9.17, 15) is 4.79 Å². The molecule has 0 spiro atoms. The van der Waals surface area contributed by atoms with Crippen molar-refractivity contribution < 1.29 is 9.53 Å². The van der Waals surface area contributed by atoms with Crippen LogP contribution in [-0.2, 0) is 16.1 Å². The van der Waals surface area contributed by atoms with Gasteiger partial charge in [-0.1, -0.05) is 6.07 Å². The van der Waals surface area contributed by atoms with Crippen LogP contribution in [0.15, 0.2) is 23.7 Å². The van der Waals surface area contributed by atoms with E-state index >= 15 is 0 Å². The fraction of sp³-hybridized carbons (Fsp3) is 0.385. The lowest BCUT2D eigenvalue weighted by Crippen LogP contribution is -2.16. The second-order valence-electron chi connectivity index (χ2n) is 4.10. The van der Waals surface area contributed by atoms with E-state index in [4.69, 9.17) is 0 Å². The van der Waals surface area contributed by atoms with E-state index in [0.717, 1.165) is 30.8 Å². The van der Waals surface area contributed by atoms with Crippen molar-refractivity contribution >= 4 is 17.3 Å². The van der Waals surface area contributed by atoms with Crippen molar-refractivity contribution in [3.05, 3.63) is 29.3 Å². The van der Waals surface area contributed by atoms with Gasteiger partial charge in [0, 0.05) is 18.5 Å². The van der Waals surface area contributed by atoms with E-state index in [1.54, 1.807) is 11.3 Å². The number of ether oxygens (including phenoxy) is 1. The third kappa shape index (κ3) is 3.90. The predicted molar refractivity (Wildman–Crippen MR) is 74.9 cm³/mol. The van der Waals surface area contributed by atoms with Crippen LogP contribution in [0.4, 0.5) is 0 Å². The maximum absolute atomic E-state index is 10.9. The van der Waals surface area contributed by atoms with E-state index in [0.29, 0.717) is 6.42 Å². The zero-order valence-corrected chi connectivity index (χ0v) is 11.6. The molecule has 0 unspecified atom stereocenters. The van der Waals surface area contributed by atoms with Crippen LogP contribution in [0.1, 0.15) is 18.4 Å². The first-order chi connectivity index (χ1) is 9.31. The molecule has 0 radical (unpaired) electrons. The van der Waals surface area contributed by atoms with Crippen LogP contribution in [0.25, 0.3) is 10.6 Å². The summed E-state index contributed by atoms with van der Waals surface area (Å²) in [5.41, 5.74) is 2.20. The molecule has 0 aliphatic heterocycles. The number of hydrogen-bond donors (Lipinski definition) is 2. The summed E-state index contributed by atoms with van der Waals surface area (Å²) in [6, 6.07) is 4.09. The van der Waals surface area contributed by atoms with Gasteiger partial charge in [-0.25, -0.2) is 0 Å². The minimum Gasteiger partial charge on any atom is -0.469 e. The first-order valence-electron chi connectivity index (χ1n) is 6.15. The van der Waals surface area contributed by atoms with Gasteiger partial charge in [0.2, 0.25) is 0 Å². The van der Waals surface area contributed by atoms with Crippen LogP contribution in [0.2, 0.25) is 0 Å². The fourth-order valence-electron chi connectivity index (χ4n) is 1.76. The largest absolute Gasteiger partial charge is 0.469 e. The smallest absolute Gasteiger partial charge is 0.305 e. The Kier molecular flexibility index (Phi) is 5.11. The quantitative estimate of drug-likeness (QED) is 0.602. The molecule has 0 atom stereocenters. The summed E-state index contributed by atoms with van der Waals surface area (Å²) in [4.78, 5) is 12.1. The van der Waals surface area contributed by atoms with Gasteiger partial charge in [0.15, 0.2) is 0 Å². The van der Waals surface area contributed by atoms with E-state index < -0.39 is 0 Å². The zero-order valence-electron chi connectivity index (χ0n) is 10.8. The second kappa shape index (κ2) is 7.06. The van der Waals surface area contributed by atoms with Gasteiger partial charge >= 0.3 is 5.97 Å². The summed E-state index contributed by atoms with van der Waals surface area (Å²) < 4.78 is 4.59. The Morgan fingerprint density at radius 1 is 1.58 bits per heavy atom. The third-order valence-corrected chi connectivity index (χ3v) is 3.65. The number of H-pyrrole nitrogens is 1. The van der Waals surface area contributed by atoms with Crippen LogP contribution >= 0.6 is 11.3 Å². The van der Waals surface area contributed by atoms with Gasteiger partial charge in [-0.2, -0.15) is 5.10 Å². The fourth-order valence-corrected chi connectivity index (χ4v) is 2.52. The van der Waals surface area contributed by atoms with Crippen LogP contribution in [-0.4, -0.2) is 29.8 Å². The molecule has 0 saturated carbocycles. The highest BCUT2D eigenvalue weighted by Gasteiger charge is 2.08. The van der Waals surface area contributed by atoms with Gasteiger partial charge in [-0.15, -0.1) is 11.3 Å². The molecule has 0 fully saturated rings. The maximum Gasteiger partial charge on any atom is 0.305 e. The number of hydrogen-bond acceptors (Lipinski definition) is 5. The Hall–Kier alpha value is -1.66. The maximum atomic E-state index is 10.9. The Morgan fingerprint density at radius 3 is 3.21 bits per heavy atom. The van der Waals surface area contributed by atoms with Crippen molar-refractivity contribution in [1.82, 2.24) is 15.5 Å². The van der Waals surface area contributed by atoms with E-state index in [2.05, 4.69) is 26.3 Å². The lowest BCUT2D eigenvalue weighted by molar-refractivity contribution is -0.140. The van der Waals surface area contributed by atoms with Gasteiger partial charge in [-0.05, 0) is 24.4 Å². The number of nitrogens with one attached hydrogen (secondary N) is 2.